The minimum Gasteiger partial charge on any atom is -0.381 e. The van der Waals surface area contributed by atoms with Crippen LogP contribution in [0, 0.1) is 17.6 Å². The van der Waals surface area contributed by atoms with Crippen molar-refractivity contribution in [3.05, 3.63) is 118 Å². The maximum Gasteiger partial charge on any atom is 0.258 e. The largest absolute Gasteiger partial charge is 0.381 e. The van der Waals surface area contributed by atoms with E-state index in [4.69, 9.17) is 4.74 Å². The van der Waals surface area contributed by atoms with Crippen LogP contribution in [0.25, 0.3) is 10.9 Å². The van der Waals surface area contributed by atoms with Gasteiger partial charge in [0.25, 0.3) is 11.8 Å². The van der Waals surface area contributed by atoms with Gasteiger partial charge in [0.15, 0.2) is 5.82 Å². The van der Waals surface area contributed by atoms with Gasteiger partial charge in [0.1, 0.15) is 11.6 Å². The lowest BCUT2D eigenvalue weighted by molar-refractivity contribution is -0.137. The van der Waals surface area contributed by atoms with Crippen LogP contribution in [0.5, 0.6) is 0 Å². The molecule has 286 valence electrons. The number of nitrogens with one attached hydrogen (secondary N) is 5. The van der Waals surface area contributed by atoms with Crippen molar-refractivity contribution < 1.29 is 32.7 Å². The van der Waals surface area contributed by atoms with Gasteiger partial charge in [0, 0.05) is 60.6 Å². The van der Waals surface area contributed by atoms with Gasteiger partial charge in [0.2, 0.25) is 11.8 Å². The molecule has 56 heavy (non-hydrogen) atoms. The zero-order chi connectivity index (χ0) is 38.5. The van der Waals surface area contributed by atoms with Crippen molar-refractivity contribution in [3.8, 4) is 0 Å². The summed E-state index contributed by atoms with van der Waals surface area (Å²) >= 11 is 0. The number of ether oxygens (including phenoxy) is 1. The highest BCUT2D eigenvalue weighted by molar-refractivity contribution is 6.11. The van der Waals surface area contributed by atoms with Gasteiger partial charge in [-0.15, -0.1) is 0 Å². The van der Waals surface area contributed by atoms with Crippen molar-refractivity contribution in [2.24, 2.45) is 5.92 Å². The van der Waals surface area contributed by atoms with Crippen molar-refractivity contribution in [2.75, 3.05) is 35.3 Å². The standard InChI is InChI=1S/C42H39F2N7O5/c43-25-16-23(17-26(44)20-25)15-22-1-7-34-33(18-22)39(50-49-34)48-41(54)30-5-3-28(21-35(30)45-27-10-13-56-14-11-27)51-12-9-36(51)24-2-4-29-32(19-24)38(47-40(29)53)31-6-8-37(52)46-42(31)55/h1-5,7,16-21,27,31,36,38,45H,6,8-15H2,(H,47,53)(H,46,52,55)(H2,48,49,50,54). The second-order valence-corrected chi connectivity index (χ2v) is 15.0. The highest BCUT2D eigenvalue weighted by Crippen LogP contribution is 2.43. The third-order valence-electron chi connectivity index (χ3n) is 11.4. The van der Waals surface area contributed by atoms with Gasteiger partial charge < -0.3 is 25.6 Å². The summed E-state index contributed by atoms with van der Waals surface area (Å²) in [5, 5.41) is 20.0. The SMILES string of the molecule is O=C1CCC(C2NC(=O)c3ccc(C4CCN4c4ccc(C(=O)Nc5n[nH]c6ccc(Cc7cc(F)cc(F)c7)cc56)c(NC5CCOCC5)c4)cc32)C(=O)N1. The molecule has 0 bridgehead atoms. The van der Waals surface area contributed by atoms with Crippen molar-refractivity contribution in [1.82, 2.24) is 20.8 Å². The Kier molecular flexibility index (Phi) is 9.20. The number of hydrogen-bond acceptors (Lipinski definition) is 8. The lowest BCUT2D eigenvalue weighted by atomic mass is 9.84. The zero-order valence-electron chi connectivity index (χ0n) is 30.3. The summed E-state index contributed by atoms with van der Waals surface area (Å²) < 4.78 is 33.3. The Morgan fingerprint density at radius 1 is 0.893 bits per heavy atom. The number of amides is 4. The predicted octanol–water partition coefficient (Wildman–Crippen LogP) is 6.06. The quantitative estimate of drug-likeness (QED) is 0.114. The number of aromatic nitrogens is 2. The fourth-order valence-electron chi connectivity index (χ4n) is 8.42. The number of nitrogens with zero attached hydrogens (tertiary/aromatic N) is 2. The fourth-order valence-corrected chi connectivity index (χ4v) is 8.42. The van der Waals surface area contributed by atoms with Crippen LogP contribution in [0.1, 0.15) is 87.2 Å². The number of carbonyl (C=O) groups excluding carboxylic acids is 4. The molecule has 4 amide bonds. The Balaban J connectivity index is 0.976. The van der Waals surface area contributed by atoms with Crippen LogP contribution < -0.4 is 26.2 Å². The van der Waals surface area contributed by atoms with Crippen LogP contribution in [0.15, 0.2) is 72.8 Å². The zero-order valence-corrected chi connectivity index (χ0v) is 30.3. The van der Waals surface area contributed by atoms with E-state index in [-0.39, 0.29) is 42.1 Å². The number of piperidine rings is 1. The molecule has 4 aliphatic rings. The van der Waals surface area contributed by atoms with Crippen LogP contribution in [0.3, 0.4) is 0 Å². The van der Waals surface area contributed by atoms with E-state index < -0.39 is 23.6 Å². The average Bonchev–Trinajstić information content (AvgIpc) is 3.70. The van der Waals surface area contributed by atoms with Gasteiger partial charge in [-0.1, -0.05) is 18.2 Å². The fraction of sp³-hybridized carbons (Fsp3) is 0.310. The maximum atomic E-state index is 14.0. The minimum absolute atomic E-state index is 0.00232. The Bertz CT molecular complexity index is 2390. The maximum absolute atomic E-state index is 14.0. The number of imide groups is 1. The third kappa shape index (κ3) is 6.85. The van der Waals surface area contributed by atoms with Gasteiger partial charge in [-0.2, -0.15) is 5.10 Å². The number of benzene rings is 4. The molecular weight excluding hydrogens is 721 g/mol. The second-order valence-electron chi connectivity index (χ2n) is 15.0. The molecule has 5 aromatic rings. The van der Waals surface area contributed by atoms with E-state index in [2.05, 4.69) is 36.4 Å². The highest BCUT2D eigenvalue weighted by atomic mass is 19.1. The normalized spacial score (nSPS) is 21.0. The molecule has 0 saturated carbocycles. The third-order valence-corrected chi connectivity index (χ3v) is 11.4. The molecule has 12 nitrogen and oxygen atoms in total. The topological polar surface area (TPSA) is 158 Å². The van der Waals surface area contributed by atoms with E-state index in [0.29, 0.717) is 65.2 Å². The average molecular weight is 760 g/mol. The molecule has 0 spiro atoms. The number of rotatable bonds is 9. The molecule has 4 aromatic carbocycles. The number of aromatic amines is 1. The Hall–Kier alpha value is -6.15. The predicted molar refractivity (Wildman–Crippen MR) is 204 cm³/mol. The Morgan fingerprint density at radius 2 is 1.71 bits per heavy atom. The van der Waals surface area contributed by atoms with E-state index >= 15 is 0 Å². The van der Waals surface area contributed by atoms with Gasteiger partial charge >= 0.3 is 0 Å². The highest BCUT2D eigenvalue weighted by Gasteiger charge is 2.41. The second kappa shape index (κ2) is 14.5. The molecule has 5 heterocycles. The Morgan fingerprint density at radius 3 is 2.48 bits per heavy atom. The van der Waals surface area contributed by atoms with Crippen LogP contribution in [0.4, 0.5) is 26.0 Å². The first-order chi connectivity index (χ1) is 27.2. The molecule has 3 atom stereocenters. The van der Waals surface area contributed by atoms with Crippen LogP contribution in [-0.2, 0) is 20.7 Å². The molecule has 3 fully saturated rings. The summed E-state index contributed by atoms with van der Waals surface area (Å²) in [4.78, 5) is 53.8. The van der Waals surface area contributed by atoms with Crippen molar-refractivity contribution in [1.29, 1.82) is 0 Å². The minimum atomic E-state index is -0.642. The molecule has 3 unspecified atom stereocenters. The van der Waals surface area contributed by atoms with Crippen LogP contribution in [-0.4, -0.2) is 59.6 Å². The number of H-pyrrole nitrogens is 1. The van der Waals surface area contributed by atoms with Crippen molar-refractivity contribution in [3.63, 3.8) is 0 Å². The van der Waals surface area contributed by atoms with E-state index in [1.165, 1.54) is 12.1 Å². The molecule has 1 aromatic heterocycles. The van der Waals surface area contributed by atoms with Crippen molar-refractivity contribution >= 4 is 51.7 Å². The smallest absolute Gasteiger partial charge is 0.258 e. The van der Waals surface area contributed by atoms with Crippen LogP contribution in [0.2, 0.25) is 0 Å². The summed E-state index contributed by atoms with van der Waals surface area (Å²) in [6, 6.07) is 20.1. The lowest BCUT2D eigenvalue weighted by Gasteiger charge is -2.44. The van der Waals surface area contributed by atoms with Gasteiger partial charge in [-0.3, -0.25) is 29.6 Å². The first-order valence-electron chi connectivity index (χ1n) is 18.9. The van der Waals surface area contributed by atoms with E-state index in [1.807, 2.05) is 54.6 Å². The first kappa shape index (κ1) is 35.5. The molecule has 9 rings (SSSR count). The summed E-state index contributed by atoms with van der Waals surface area (Å²) in [5.41, 5.74) is 6.34. The molecule has 14 heteroatoms. The van der Waals surface area contributed by atoms with Crippen molar-refractivity contribution in [2.45, 2.75) is 56.7 Å². The first-order valence-corrected chi connectivity index (χ1v) is 18.9. The number of halogens is 2. The number of carbonyl (C=O) groups is 4. The van der Waals surface area contributed by atoms with Gasteiger partial charge in [0.05, 0.1) is 29.1 Å². The lowest BCUT2D eigenvalue weighted by Crippen LogP contribution is -2.45. The molecule has 4 aliphatic heterocycles. The monoisotopic (exact) mass is 759 g/mol. The van der Waals surface area contributed by atoms with Crippen LogP contribution >= 0.6 is 0 Å². The molecule has 0 aliphatic carbocycles. The van der Waals surface area contributed by atoms with E-state index in [9.17, 15) is 28.0 Å². The number of hydrogen-bond donors (Lipinski definition) is 5. The number of anilines is 3. The molecule has 3 saturated heterocycles. The molecule has 0 radical (unpaired) electrons. The summed E-state index contributed by atoms with van der Waals surface area (Å²) in [6.45, 7) is 2.01. The molecule has 5 N–H and O–H groups in total. The summed E-state index contributed by atoms with van der Waals surface area (Å²) in [7, 11) is 0. The van der Waals surface area contributed by atoms with E-state index in [1.54, 1.807) is 0 Å². The summed E-state index contributed by atoms with van der Waals surface area (Å²) in [5.74, 6) is -2.73. The molecular formula is C42H39F2N7O5. The van der Waals surface area contributed by atoms with Gasteiger partial charge in [-0.25, -0.2) is 8.78 Å². The summed E-state index contributed by atoms with van der Waals surface area (Å²) in [6.07, 6.45) is 3.34. The Labute approximate surface area is 320 Å². The van der Waals surface area contributed by atoms with E-state index in [0.717, 1.165) is 54.3 Å². The number of fused-ring (bicyclic) bond motifs is 2. The van der Waals surface area contributed by atoms with Gasteiger partial charge in [-0.05, 0) is 103 Å².